The van der Waals surface area contributed by atoms with Gasteiger partial charge in [-0.05, 0) is 37.1 Å². The molecule has 152 valence electrons. The summed E-state index contributed by atoms with van der Waals surface area (Å²) in [7, 11) is 5.82. The van der Waals surface area contributed by atoms with E-state index in [1.165, 1.54) is 12.1 Å². The Balaban J connectivity index is 0.00000280. The second-order valence-electron chi connectivity index (χ2n) is 7.07. The zero-order valence-corrected chi connectivity index (χ0v) is 19.3. The number of hydrogen-bond donors (Lipinski definition) is 2. The normalized spacial score (nSPS) is 16.9. The predicted molar refractivity (Wildman–Crippen MR) is 129 cm³/mol. The highest BCUT2D eigenvalue weighted by atomic mass is 127. The lowest BCUT2D eigenvalue weighted by Gasteiger charge is -2.35. The molecule has 0 radical (unpaired) electrons. The van der Waals surface area contributed by atoms with Crippen LogP contribution in [0, 0.1) is 0 Å². The summed E-state index contributed by atoms with van der Waals surface area (Å²) >= 11 is 0. The zero-order valence-electron chi connectivity index (χ0n) is 16.9. The Morgan fingerprint density at radius 2 is 1.96 bits per heavy atom. The second-order valence-corrected chi connectivity index (χ2v) is 7.07. The maximum atomic E-state index is 4.65. The first-order chi connectivity index (χ1) is 13.2. The number of aromatic nitrogens is 1. The number of nitrogens with one attached hydrogen (secondary N) is 2. The Kier molecular flexibility index (Phi) is 8.82. The number of rotatable bonds is 5. The van der Waals surface area contributed by atoms with Crippen LogP contribution in [0.4, 0.5) is 11.5 Å². The molecule has 1 aromatic heterocycles. The maximum absolute atomic E-state index is 4.65. The van der Waals surface area contributed by atoms with Crippen LogP contribution in [-0.2, 0) is 6.54 Å². The van der Waals surface area contributed by atoms with Gasteiger partial charge < -0.3 is 20.4 Å². The SMILES string of the molecule is CN=C(NCc1cccc(N(C)C)n1)NC1CCCN(c2ccccc2)C1.I. The summed E-state index contributed by atoms with van der Waals surface area (Å²) in [4.78, 5) is 13.5. The number of aliphatic imine (C=N–C) groups is 1. The van der Waals surface area contributed by atoms with Crippen molar-refractivity contribution in [2.24, 2.45) is 4.99 Å². The molecule has 0 amide bonds. The van der Waals surface area contributed by atoms with E-state index < -0.39 is 0 Å². The van der Waals surface area contributed by atoms with Crippen molar-refractivity contribution >= 4 is 41.4 Å². The molecule has 1 unspecified atom stereocenters. The fourth-order valence-corrected chi connectivity index (χ4v) is 3.35. The predicted octanol–water partition coefficient (Wildman–Crippen LogP) is 3.10. The molecule has 0 saturated carbocycles. The van der Waals surface area contributed by atoms with Gasteiger partial charge in [-0.15, -0.1) is 24.0 Å². The van der Waals surface area contributed by atoms with Gasteiger partial charge in [-0.1, -0.05) is 24.3 Å². The maximum Gasteiger partial charge on any atom is 0.191 e. The van der Waals surface area contributed by atoms with Crippen LogP contribution >= 0.6 is 24.0 Å². The first kappa shape index (κ1) is 22.3. The zero-order chi connectivity index (χ0) is 19.1. The van der Waals surface area contributed by atoms with E-state index in [2.05, 4.69) is 55.8 Å². The number of halogens is 1. The van der Waals surface area contributed by atoms with Crippen LogP contribution in [0.1, 0.15) is 18.5 Å². The quantitative estimate of drug-likeness (QED) is 0.380. The number of para-hydroxylation sites is 1. The first-order valence-electron chi connectivity index (χ1n) is 9.56. The van der Waals surface area contributed by atoms with E-state index in [1.807, 2.05) is 44.2 Å². The Hall–Kier alpha value is -2.03. The molecule has 1 aliphatic heterocycles. The first-order valence-corrected chi connectivity index (χ1v) is 9.56. The third-order valence-electron chi connectivity index (χ3n) is 4.79. The molecule has 3 rings (SSSR count). The van der Waals surface area contributed by atoms with Crippen LogP contribution in [-0.4, -0.2) is 51.2 Å². The highest BCUT2D eigenvalue weighted by Crippen LogP contribution is 2.19. The van der Waals surface area contributed by atoms with Gasteiger partial charge in [0.25, 0.3) is 0 Å². The molecule has 2 heterocycles. The minimum Gasteiger partial charge on any atom is -0.369 e. The number of guanidine groups is 1. The lowest BCUT2D eigenvalue weighted by molar-refractivity contribution is 0.468. The smallest absolute Gasteiger partial charge is 0.191 e. The molecule has 2 aromatic rings. The van der Waals surface area contributed by atoms with Gasteiger partial charge >= 0.3 is 0 Å². The second kappa shape index (κ2) is 11.1. The third kappa shape index (κ3) is 6.25. The number of benzene rings is 1. The van der Waals surface area contributed by atoms with E-state index >= 15 is 0 Å². The average Bonchev–Trinajstić information content (AvgIpc) is 2.72. The Morgan fingerprint density at radius 1 is 1.18 bits per heavy atom. The van der Waals surface area contributed by atoms with E-state index in [4.69, 9.17) is 0 Å². The van der Waals surface area contributed by atoms with E-state index in [-0.39, 0.29) is 24.0 Å². The molecule has 0 spiro atoms. The molecule has 1 saturated heterocycles. The van der Waals surface area contributed by atoms with Gasteiger partial charge in [0.15, 0.2) is 5.96 Å². The highest BCUT2D eigenvalue weighted by molar-refractivity contribution is 14.0. The Morgan fingerprint density at radius 3 is 2.68 bits per heavy atom. The van der Waals surface area contributed by atoms with Gasteiger partial charge in [0.2, 0.25) is 0 Å². The molecule has 0 bridgehead atoms. The van der Waals surface area contributed by atoms with Gasteiger partial charge in [-0.2, -0.15) is 0 Å². The van der Waals surface area contributed by atoms with E-state index in [0.717, 1.165) is 37.0 Å². The summed E-state index contributed by atoms with van der Waals surface area (Å²) in [5.41, 5.74) is 2.29. The Bertz CT molecular complexity index is 750. The van der Waals surface area contributed by atoms with Crippen molar-refractivity contribution in [2.75, 3.05) is 44.0 Å². The summed E-state index contributed by atoms with van der Waals surface area (Å²) < 4.78 is 0. The molecule has 1 atom stereocenters. The number of piperidine rings is 1. The van der Waals surface area contributed by atoms with Gasteiger partial charge in [-0.3, -0.25) is 4.99 Å². The molecular formula is C21H31IN6. The number of nitrogens with zero attached hydrogens (tertiary/aromatic N) is 4. The third-order valence-corrected chi connectivity index (χ3v) is 4.79. The standard InChI is InChI=1S/C21H30N6.HI/c1-22-21(23-15-17-9-7-13-20(24-17)26(2)3)25-18-10-8-14-27(16-18)19-11-5-4-6-12-19;/h4-7,9,11-13,18H,8,10,14-16H2,1-3H3,(H2,22,23,25);1H. The van der Waals surface area contributed by atoms with Crippen molar-refractivity contribution < 1.29 is 0 Å². The van der Waals surface area contributed by atoms with Crippen molar-refractivity contribution in [1.29, 1.82) is 0 Å². The molecule has 2 N–H and O–H groups in total. The number of hydrogen-bond acceptors (Lipinski definition) is 4. The molecule has 7 heteroatoms. The van der Waals surface area contributed by atoms with Gasteiger partial charge in [0.1, 0.15) is 5.82 Å². The Labute approximate surface area is 185 Å². The summed E-state index contributed by atoms with van der Waals surface area (Å²) in [6.07, 6.45) is 2.33. The van der Waals surface area contributed by atoms with Gasteiger partial charge in [0, 0.05) is 46.0 Å². The lowest BCUT2D eigenvalue weighted by Crippen LogP contribution is -2.51. The van der Waals surface area contributed by atoms with Gasteiger partial charge in [0.05, 0.1) is 12.2 Å². The van der Waals surface area contributed by atoms with E-state index in [9.17, 15) is 0 Å². The minimum atomic E-state index is 0. The van der Waals surface area contributed by atoms with E-state index in [0.29, 0.717) is 12.6 Å². The largest absolute Gasteiger partial charge is 0.369 e. The summed E-state index contributed by atoms with van der Waals surface area (Å²) in [6, 6.07) is 17.1. The van der Waals surface area contributed by atoms with Crippen molar-refractivity contribution in [3.8, 4) is 0 Å². The summed E-state index contributed by atoms with van der Waals surface area (Å²) in [6.45, 7) is 2.74. The van der Waals surface area contributed by atoms with Crippen molar-refractivity contribution in [3.63, 3.8) is 0 Å². The van der Waals surface area contributed by atoms with Gasteiger partial charge in [-0.25, -0.2) is 4.98 Å². The topological polar surface area (TPSA) is 55.8 Å². The van der Waals surface area contributed by atoms with Crippen LogP contribution in [0.5, 0.6) is 0 Å². The van der Waals surface area contributed by atoms with Crippen LogP contribution in [0.15, 0.2) is 53.5 Å². The summed E-state index contributed by atoms with van der Waals surface area (Å²) in [5, 5.41) is 6.97. The fraction of sp³-hybridized carbons (Fsp3) is 0.429. The van der Waals surface area contributed by atoms with Crippen molar-refractivity contribution in [1.82, 2.24) is 15.6 Å². The van der Waals surface area contributed by atoms with E-state index in [1.54, 1.807) is 0 Å². The average molecular weight is 494 g/mol. The minimum absolute atomic E-state index is 0. The number of anilines is 2. The molecule has 0 aliphatic carbocycles. The molecule has 1 aliphatic rings. The number of pyridine rings is 1. The summed E-state index contributed by atoms with van der Waals surface area (Å²) in [5.74, 6) is 1.79. The van der Waals surface area contributed by atoms with Crippen LogP contribution in [0.25, 0.3) is 0 Å². The monoisotopic (exact) mass is 494 g/mol. The van der Waals surface area contributed by atoms with Crippen LogP contribution in [0.2, 0.25) is 0 Å². The lowest BCUT2D eigenvalue weighted by atomic mass is 10.1. The van der Waals surface area contributed by atoms with Crippen LogP contribution in [0.3, 0.4) is 0 Å². The molecule has 6 nitrogen and oxygen atoms in total. The van der Waals surface area contributed by atoms with Crippen LogP contribution < -0.4 is 20.4 Å². The highest BCUT2D eigenvalue weighted by Gasteiger charge is 2.20. The van der Waals surface area contributed by atoms with Crippen molar-refractivity contribution in [2.45, 2.75) is 25.4 Å². The molecule has 28 heavy (non-hydrogen) atoms. The molecule has 1 fully saturated rings. The van der Waals surface area contributed by atoms with Crippen molar-refractivity contribution in [3.05, 3.63) is 54.2 Å². The molecule has 1 aromatic carbocycles. The fourth-order valence-electron chi connectivity index (χ4n) is 3.35. The molecular weight excluding hydrogens is 463 g/mol.